The molecule has 18 heavy (non-hydrogen) atoms. The first-order chi connectivity index (χ1) is 8.40. The van der Waals surface area contributed by atoms with Gasteiger partial charge in [-0.05, 0) is 20.8 Å². The van der Waals surface area contributed by atoms with E-state index in [1.165, 1.54) is 10.7 Å². The summed E-state index contributed by atoms with van der Waals surface area (Å²) in [5, 5.41) is 25.0. The van der Waals surface area contributed by atoms with E-state index >= 15 is 0 Å². The van der Waals surface area contributed by atoms with Gasteiger partial charge in [0.2, 0.25) is 0 Å². The lowest BCUT2D eigenvalue weighted by molar-refractivity contribution is -0.384. The minimum absolute atomic E-state index is 0.0658. The number of hydrogen-bond acceptors (Lipinski definition) is 6. The van der Waals surface area contributed by atoms with Gasteiger partial charge in [0.1, 0.15) is 11.6 Å². The number of aliphatic hydroxyl groups excluding tert-OH is 1. The number of nitro groups is 1. The van der Waals surface area contributed by atoms with Gasteiger partial charge in [-0.1, -0.05) is 0 Å². The molecule has 0 amide bonds. The molecule has 8 heteroatoms. The van der Waals surface area contributed by atoms with Crippen molar-refractivity contribution in [1.29, 1.82) is 0 Å². The van der Waals surface area contributed by atoms with Crippen molar-refractivity contribution in [1.82, 2.24) is 14.8 Å². The van der Waals surface area contributed by atoms with E-state index in [1.54, 1.807) is 20.8 Å². The van der Waals surface area contributed by atoms with Gasteiger partial charge in [0.25, 0.3) is 0 Å². The van der Waals surface area contributed by atoms with Gasteiger partial charge in [-0.2, -0.15) is 5.10 Å². The lowest BCUT2D eigenvalue weighted by Gasteiger charge is -1.98. The van der Waals surface area contributed by atoms with E-state index in [9.17, 15) is 15.2 Å². The van der Waals surface area contributed by atoms with Gasteiger partial charge in [0.05, 0.1) is 11.0 Å². The average Bonchev–Trinajstić information content (AvgIpc) is 2.81. The summed E-state index contributed by atoms with van der Waals surface area (Å²) in [6, 6.07) is 1.38. The van der Waals surface area contributed by atoms with Crippen LogP contribution in [0.5, 0.6) is 0 Å². The van der Waals surface area contributed by atoms with Crippen molar-refractivity contribution in [2.45, 2.75) is 26.9 Å². The standard InChI is InChI=1S/C10H12N4O3S/c1-5(15)9-4-8(14(16)17)10(18-9)13-7(3)11-6(2)12-13/h4-5,15H,1-3H3/t5-/m0/s1. The van der Waals surface area contributed by atoms with E-state index in [4.69, 9.17) is 0 Å². The number of nitrogens with zero attached hydrogens (tertiary/aromatic N) is 4. The quantitative estimate of drug-likeness (QED) is 0.677. The first kappa shape index (κ1) is 12.7. The third-order valence-electron chi connectivity index (χ3n) is 2.39. The van der Waals surface area contributed by atoms with Gasteiger partial charge in [-0.3, -0.25) is 10.1 Å². The maximum atomic E-state index is 11.0. The summed E-state index contributed by atoms with van der Waals surface area (Å²) in [6.07, 6.45) is -0.743. The van der Waals surface area contributed by atoms with Crippen LogP contribution in [0.25, 0.3) is 5.00 Å². The lowest BCUT2D eigenvalue weighted by Crippen LogP contribution is -2.00. The van der Waals surface area contributed by atoms with Gasteiger partial charge in [-0.25, -0.2) is 9.67 Å². The van der Waals surface area contributed by atoms with Crippen LogP contribution >= 0.6 is 11.3 Å². The van der Waals surface area contributed by atoms with E-state index < -0.39 is 11.0 Å². The zero-order valence-electron chi connectivity index (χ0n) is 10.1. The Bertz CT molecular complexity index is 602. The van der Waals surface area contributed by atoms with E-state index in [0.29, 0.717) is 21.5 Å². The number of thiophene rings is 1. The second kappa shape index (κ2) is 4.46. The molecule has 0 aliphatic heterocycles. The van der Waals surface area contributed by atoms with E-state index in [2.05, 4.69) is 10.1 Å². The zero-order valence-corrected chi connectivity index (χ0v) is 10.9. The molecule has 2 aromatic rings. The fourth-order valence-electron chi connectivity index (χ4n) is 1.59. The molecule has 0 saturated carbocycles. The number of aryl methyl sites for hydroxylation is 2. The maximum absolute atomic E-state index is 11.0. The van der Waals surface area contributed by atoms with Crippen molar-refractivity contribution in [2.75, 3.05) is 0 Å². The van der Waals surface area contributed by atoms with Crippen LogP contribution in [0.1, 0.15) is 29.6 Å². The highest BCUT2D eigenvalue weighted by Crippen LogP contribution is 2.35. The van der Waals surface area contributed by atoms with Crippen LogP contribution in [0.4, 0.5) is 5.69 Å². The Balaban J connectivity index is 2.62. The molecule has 0 aliphatic rings. The van der Waals surface area contributed by atoms with Crippen molar-refractivity contribution in [3.05, 3.63) is 32.7 Å². The lowest BCUT2D eigenvalue weighted by atomic mass is 10.3. The van der Waals surface area contributed by atoms with Crippen molar-refractivity contribution < 1.29 is 10.0 Å². The van der Waals surface area contributed by atoms with E-state index in [0.717, 1.165) is 11.3 Å². The topological polar surface area (TPSA) is 94.1 Å². The first-order valence-electron chi connectivity index (χ1n) is 5.27. The van der Waals surface area contributed by atoms with Crippen molar-refractivity contribution in [2.24, 2.45) is 0 Å². The molecular formula is C10H12N4O3S. The molecule has 0 spiro atoms. The Hall–Kier alpha value is -1.80. The highest BCUT2D eigenvalue weighted by molar-refractivity contribution is 7.15. The smallest absolute Gasteiger partial charge is 0.306 e. The van der Waals surface area contributed by atoms with Gasteiger partial charge < -0.3 is 5.11 Å². The number of aliphatic hydroxyl groups is 1. The molecule has 0 unspecified atom stereocenters. The van der Waals surface area contributed by atoms with Crippen LogP contribution in [0, 0.1) is 24.0 Å². The molecule has 0 fully saturated rings. The molecular weight excluding hydrogens is 256 g/mol. The monoisotopic (exact) mass is 268 g/mol. The van der Waals surface area contributed by atoms with Gasteiger partial charge in [-0.15, -0.1) is 11.3 Å². The molecule has 2 rings (SSSR count). The minimum atomic E-state index is -0.743. The maximum Gasteiger partial charge on any atom is 0.306 e. The summed E-state index contributed by atoms with van der Waals surface area (Å²) in [6.45, 7) is 5.02. The van der Waals surface area contributed by atoms with Crippen LogP contribution < -0.4 is 0 Å². The Kier molecular flexibility index (Phi) is 3.14. The van der Waals surface area contributed by atoms with Crippen LogP contribution in [0.2, 0.25) is 0 Å². The highest BCUT2D eigenvalue weighted by Gasteiger charge is 2.24. The second-order valence-corrected chi connectivity index (χ2v) is 4.95. The van der Waals surface area contributed by atoms with E-state index in [1.807, 2.05) is 0 Å². The van der Waals surface area contributed by atoms with Crippen molar-refractivity contribution in [3.8, 4) is 5.00 Å². The summed E-state index contributed by atoms with van der Waals surface area (Å²) in [5.41, 5.74) is -0.0658. The number of rotatable bonds is 3. The summed E-state index contributed by atoms with van der Waals surface area (Å²) >= 11 is 1.15. The van der Waals surface area contributed by atoms with Gasteiger partial charge in [0, 0.05) is 10.9 Å². The summed E-state index contributed by atoms with van der Waals surface area (Å²) < 4.78 is 1.43. The fraction of sp³-hybridized carbons (Fsp3) is 0.400. The summed E-state index contributed by atoms with van der Waals surface area (Å²) in [5.74, 6) is 1.13. The third kappa shape index (κ3) is 2.12. The molecule has 7 nitrogen and oxygen atoms in total. The van der Waals surface area contributed by atoms with E-state index in [-0.39, 0.29) is 5.69 Å². The number of aromatic nitrogens is 3. The predicted molar refractivity (Wildman–Crippen MR) is 66.0 cm³/mol. The Morgan fingerprint density at radius 3 is 2.67 bits per heavy atom. The minimum Gasteiger partial charge on any atom is -0.388 e. The second-order valence-electron chi connectivity index (χ2n) is 3.89. The Morgan fingerprint density at radius 1 is 1.56 bits per heavy atom. The highest BCUT2D eigenvalue weighted by atomic mass is 32.1. The van der Waals surface area contributed by atoms with Crippen LogP contribution in [0.15, 0.2) is 6.07 Å². The number of hydrogen-bond donors (Lipinski definition) is 1. The molecule has 0 saturated heterocycles. The SMILES string of the molecule is Cc1nc(C)n(-c2sc([C@H](C)O)cc2[N+](=O)[O-])n1. The zero-order chi connectivity index (χ0) is 13.4. The first-order valence-corrected chi connectivity index (χ1v) is 6.08. The molecule has 1 atom stereocenters. The van der Waals surface area contributed by atoms with Gasteiger partial charge >= 0.3 is 5.69 Å². The molecule has 1 N–H and O–H groups in total. The Labute approximate surface area is 107 Å². The molecule has 96 valence electrons. The summed E-state index contributed by atoms with van der Waals surface area (Å²) in [4.78, 5) is 15.2. The van der Waals surface area contributed by atoms with Crippen molar-refractivity contribution in [3.63, 3.8) is 0 Å². The predicted octanol–water partition coefficient (Wildman–Crippen LogP) is 1.91. The van der Waals surface area contributed by atoms with Crippen LogP contribution in [-0.4, -0.2) is 24.8 Å². The normalized spacial score (nSPS) is 12.7. The largest absolute Gasteiger partial charge is 0.388 e. The van der Waals surface area contributed by atoms with Crippen LogP contribution in [-0.2, 0) is 0 Å². The molecule has 0 bridgehead atoms. The fourth-order valence-corrected chi connectivity index (χ4v) is 2.65. The molecule has 0 radical (unpaired) electrons. The summed E-state index contributed by atoms with van der Waals surface area (Å²) in [7, 11) is 0. The molecule has 0 aliphatic carbocycles. The van der Waals surface area contributed by atoms with Crippen LogP contribution in [0.3, 0.4) is 0 Å². The third-order valence-corrected chi connectivity index (χ3v) is 3.66. The van der Waals surface area contributed by atoms with Gasteiger partial charge in [0.15, 0.2) is 5.00 Å². The Morgan fingerprint density at radius 2 is 2.22 bits per heavy atom. The average molecular weight is 268 g/mol. The molecule has 2 heterocycles. The molecule has 2 aromatic heterocycles. The van der Waals surface area contributed by atoms with Crippen molar-refractivity contribution >= 4 is 17.0 Å². The molecule has 0 aromatic carbocycles.